The van der Waals surface area contributed by atoms with Gasteiger partial charge in [0.15, 0.2) is 0 Å². The number of thioether (sulfide) groups is 1. The lowest BCUT2D eigenvalue weighted by atomic mass is 10.2. The highest BCUT2D eigenvalue weighted by Crippen LogP contribution is 2.22. The predicted octanol–water partition coefficient (Wildman–Crippen LogP) is 1.62. The van der Waals surface area contributed by atoms with Crippen LogP contribution in [0, 0.1) is 0 Å². The molecule has 1 saturated heterocycles. The normalized spacial score (nSPS) is 21.8. The summed E-state index contributed by atoms with van der Waals surface area (Å²) in [6, 6.07) is 7.81. The van der Waals surface area contributed by atoms with Crippen LogP contribution in [0.5, 0.6) is 5.75 Å². The zero-order valence-corrected chi connectivity index (χ0v) is 14.2. The first-order valence-corrected chi connectivity index (χ1v) is 8.47. The Morgan fingerprint density at radius 1 is 1.45 bits per heavy atom. The van der Waals surface area contributed by atoms with Crippen LogP contribution in [0.25, 0.3) is 0 Å². The van der Waals surface area contributed by atoms with Crippen molar-refractivity contribution in [2.75, 3.05) is 39.6 Å². The third-order valence-electron chi connectivity index (χ3n) is 3.59. The number of nitrogens with one attached hydrogen (secondary N) is 1. The minimum absolute atomic E-state index is 0.0397. The lowest BCUT2D eigenvalue weighted by Crippen LogP contribution is -2.44. The van der Waals surface area contributed by atoms with E-state index in [1.807, 2.05) is 38.2 Å². The highest BCUT2D eigenvalue weighted by molar-refractivity contribution is 8.00. The first-order valence-electron chi connectivity index (χ1n) is 7.48. The summed E-state index contributed by atoms with van der Waals surface area (Å²) in [7, 11) is 3.68. The first kappa shape index (κ1) is 17.1. The number of amides is 1. The summed E-state index contributed by atoms with van der Waals surface area (Å²) in [6.07, 6.45) is 0.0840. The summed E-state index contributed by atoms with van der Waals surface area (Å²) in [5.41, 5.74) is 0. The number of likely N-dealkylation sites (tertiary alicyclic amines) is 1. The molecule has 1 aliphatic rings. The van der Waals surface area contributed by atoms with Gasteiger partial charge in [-0.3, -0.25) is 4.79 Å². The smallest absolute Gasteiger partial charge is 0.230 e. The fourth-order valence-electron chi connectivity index (χ4n) is 2.57. The molecule has 0 spiro atoms. The number of methoxy groups -OCH3 is 1. The van der Waals surface area contributed by atoms with E-state index in [0.29, 0.717) is 12.4 Å². The Balaban J connectivity index is 1.82. The van der Waals surface area contributed by atoms with Crippen LogP contribution in [0.1, 0.15) is 6.92 Å². The summed E-state index contributed by atoms with van der Waals surface area (Å²) >= 11 is 1.51. The second-order valence-corrected chi connectivity index (χ2v) is 6.41. The second kappa shape index (κ2) is 8.41. The number of nitrogens with zero attached hydrogens (tertiary/aromatic N) is 1. The Bertz CT molecular complexity index is 498. The van der Waals surface area contributed by atoms with Gasteiger partial charge >= 0.3 is 0 Å². The molecular formula is C16H24N2O3S. The van der Waals surface area contributed by atoms with Crippen LogP contribution in [0.2, 0.25) is 0 Å². The van der Waals surface area contributed by atoms with E-state index in [1.165, 1.54) is 11.8 Å². The van der Waals surface area contributed by atoms with Gasteiger partial charge < -0.3 is 19.7 Å². The van der Waals surface area contributed by atoms with Crippen molar-refractivity contribution in [1.82, 2.24) is 10.2 Å². The number of carbonyl (C=O) groups excluding carboxylic acids is 1. The number of ether oxygens (including phenoxy) is 2. The molecule has 22 heavy (non-hydrogen) atoms. The molecule has 0 aromatic heterocycles. The van der Waals surface area contributed by atoms with E-state index in [9.17, 15) is 4.79 Å². The molecule has 0 saturated carbocycles. The zero-order valence-electron chi connectivity index (χ0n) is 13.4. The molecule has 1 amide bonds. The van der Waals surface area contributed by atoms with Crippen LogP contribution in [-0.2, 0) is 9.53 Å². The molecule has 0 radical (unpaired) electrons. The van der Waals surface area contributed by atoms with Crippen LogP contribution >= 0.6 is 11.8 Å². The Morgan fingerprint density at radius 2 is 2.27 bits per heavy atom. The summed E-state index contributed by atoms with van der Waals surface area (Å²) in [6.45, 7) is 4.35. The second-order valence-electron chi connectivity index (χ2n) is 5.36. The van der Waals surface area contributed by atoms with Gasteiger partial charge in [0.05, 0.1) is 25.0 Å². The average Bonchev–Trinajstić information content (AvgIpc) is 2.85. The first-order chi connectivity index (χ1) is 10.6. The molecule has 0 bridgehead atoms. The van der Waals surface area contributed by atoms with Gasteiger partial charge in [-0.25, -0.2) is 0 Å². The molecule has 122 valence electrons. The monoisotopic (exact) mass is 324 g/mol. The van der Waals surface area contributed by atoms with Crippen molar-refractivity contribution >= 4 is 17.7 Å². The van der Waals surface area contributed by atoms with Gasteiger partial charge in [0.2, 0.25) is 5.91 Å². The summed E-state index contributed by atoms with van der Waals surface area (Å²) in [4.78, 5) is 15.4. The number of carbonyl (C=O) groups is 1. The van der Waals surface area contributed by atoms with Crippen molar-refractivity contribution in [2.24, 2.45) is 0 Å². The largest absolute Gasteiger partial charge is 0.497 e. The number of hydrogen-bond acceptors (Lipinski definition) is 5. The van der Waals surface area contributed by atoms with Crippen molar-refractivity contribution in [3.63, 3.8) is 0 Å². The van der Waals surface area contributed by atoms with Gasteiger partial charge in [-0.1, -0.05) is 6.07 Å². The third-order valence-corrected chi connectivity index (χ3v) is 4.58. The average molecular weight is 324 g/mol. The zero-order chi connectivity index (χ0) is 15.9. The Labute approximate surface area is 136 Å². The fourth-order valence-corrected chi connectivity index (χ4v) is 3.33. The van der Waals surface area contributed by atoms with Gasteiger partial charge in [0.25, 0.3) is 0 Å². The predicted molar refractivity (Wildman–Crippen MR) is 88.6 cm³/mol. The van der Waals surface area contributed by atoms with Gasteiger partial charge in [0, 0.05) is 24.6 Å². The van der Waals surface area contributed by atoms with Crippen LogP contribution in [0.15, 0.2) is 29.2 Å². The van der Waals surface area contributed by atoms with E-state index in [-0.39, 0.29) is 18.1 Å². The van der Waals surface area contributed by atoms with Gasteiger partial charge in [-0.15, -0.1) is 11.8 Å². The topological polar surface area (TPSA) is 50.8 Å². The highest BCUT2D eigenvalue weighted by atomic mass is 32.2. The number of benzene rings is 1. The molecule has 2 rings (SSSR count). The maximum atomic E-state index is 12.1. The van der Waals surface area contributed by atoms with Gasteiger partial charge in [-0.05, 0) is 32.2 Å². The minimum Gasteiger partial charge on any atom is -0.497 e. The van der Waals surface area contributed by atoms with Crippen LogP contribution in [-0.4, -0.2) is 62.6 Å². The van der Waals surface area contributed by atoms with Crippen LogP contribution < -0.4 is 10.1 Å². The highest BCUT2D eigenvalue weighted by Gasteiger charge is 2.32. The van der Waals surface area contributed by atoms with Crippen molar-refractivity contribution in [3.8, 4) is 5.75 Å². The molecule has 1 fully saturated rings. The van der Waals surface area contributed by atoms with E-state index in [2.05, 4.69) is 10.2 Å². The molecule has 6 heteroatoms. The number of hydrogen-bond donors (Lipinski definition) is 1. The molecule has 5 nitrogen and oxygen atoms in total. The third kappa shape index (κ3) is 4.90. The molecular weight excluding hydrogens is 300 g/mol. The molecule has 0 unspecified atom stereocenters. The quantitative estimate of drug-likeness (QED) is 0.773. The molecule has 2 atom stereocenters. The number of rotatable bonds is 7. The van der Waals surface area contributed by atoms with E-state index in [4.69, 9.17) is 9.47 Å². The minimum atomic E-state index is 0.0397. The standard InChI is InChI=1S/C16H24N2O3S/c1-4-21-15-10-18(2)9-14(15)17-16(19)11-22-13-7-5-6-12(8-13)20-3/h5-8,14-15H,4,9-11H2,1-3H3,(H,17,19)/t14-,15-/m0/s1. The van der Waals surface area contributed by atoms with Crippen LogP contribution in [0.4, 0.5) is 0 Å². The van der Waals surface area contributed by atoms with Crippen molar-refractivity contribution in [2.45, 2.75) is 24.0 Å². The Kier molecular flexibility index (Phi) is 6.54. The van der Waals surface area contributed by atoms with Crippen LogP contribution in [0.3, 0.4) is 0 Å². The van der Waals surface area contributed by atoms with Gasteiger partial charge in [0.1, 0.15) is 5.75 Å². The number of likely N-dealkylation sites (N-methyl/N-ethyl adjacent to an activating group) is 1. The fraction of sp³-hybridized carbons (Fsp3) is 0.562. The molecule has 0 aliphatic carbocycles. The maximum absolute atomic E-state index is 12.1. The van der Waals surface area contributed by atoms with E-state index in [1.54, 1.807) is 7.11 Å². The summed E-state index contributed by atoms with van der Waals surface area (Å²) in [5, 5.41) is 3.09. The molecule has 1 N–H and O–H groups in total. The molecule has 1 aliphatic heterocycles. The maximum Gasteiger partial charge on any atom is 0.230 e. The summed E-state index contributed by atoms with van der Waals surface area (Å²) < 4.78 is 10.9. The lowest BCUT2D eigenvalue weighted by molar-refractivity contribution is -0.120. The van der Waals surface area contributed by atoms with Crippen molar-refractivity contribution in [1.29, 1.82) is 0 Å². The van der Waals surface area contributed by atoms with Crippen molar-refractivity contribution < 1.29 is 14.3 Å². The van der Waals surface area contributed by atoms with Crippen molar-refractivity contribution in [3.05, 3.63) is 24.3 Å². The summed E-state index contributed by atoms with van der Waals surface area (Å²) in [5.74, 6) is 1.24. The van der Waals surface area contributed by atoms with E-state index in [0.717, 1.165) is 23.7 Å². The van der Waals surface area contributed by atoms with E-state index >= 15 is 0 Å². The molecule has 1 aromatic carbocycles. The van der Waals surface area contributed by atoms with Gasteiger partial charge in [-0.2, -0.15) is 0 Å². The molecule has 1 heterocycles. The Morgan fingerprint density at radius 3 is 3.00 bits per heavy atom. The lowest BCUT2D eigenvalue weighted by Gasteiger charge is -2.19. The SMILES string of the molecule is CCO[C@H]1CN(C)C[C@@H]1NC(=O)CSc1cccc(OC)c1. The Hall–Kier alpha value is -1.24. The van der Waals surface area contributed by atoms with E-state index < -0.39 is 0 Å². The molecule has 1 aromatic rings.